The van der Waals surface area contributed by atoms with Crippen LogP contribution < -0.4 is 0 Å². The quantitative estimate of drug-likeness (QED) is 0.788. The standard InChI is InChI=1S/C14H17F2NO2/c1-9-6-17(7-10(2)19-9)8-13(18)14-11(15)4-3-5-12(14)16/h3-5,9-10H,6-8H2,1-2H3. The second-order valence-electron chi connectivity index (χ2n) is 4.97. The number of morpholine rings is 1. The zero-order chi connectivity index (χ0) is 14.0. The molecule has 2 rings (SSSR count). The van der Waals surface area contributed by atoms with Crippen LogP contribution >= 0.6 is 0 Å². The molecule has 2 unspecified atom stereocenters. The highest BCUT2D eigenvalue weighted by Gasteiger charge is 2.26. The molecule has 0 saturated carbocycles. The van der Waals surface area contributed by atoms with Gasteiger partial charge in [-0.3, -0.25) is 9.69 Å². The number of hydrogen-bond acceptors (Lipinski definition) is 3. The fraction of sp³-hybridized carbons (Fsp3) is 0.500. The molecular formula is C14H17F2NO2. The molecule has 1 aliphatic heterocycles. The van der Waals surface area contributed by atoms with Crippen LogP contribution in [-0.4, -0.2) is 42.5 Å². The van der Waals surface area contributed by atoms with Gasteiger partial charge in [0.2, 0.25) is 0 Å². The van der Waals surface area contributed by atoms with E-state index in [1.807, 2.05) is 18.7 Å². The summed E-state index contributed by atoms with van der Waals surface area (Å²) in [6.45, 7) is 5.02. The van der Waals surface area contributed by atoms with Crippen molar-refractivity contribution >= 4 is 5.78 Å². The lowest BCUT2D eigenvalue weighted by molar-refractivity contribution is -0.0652. The second kappa shape index (κ2) is 5.75. The molecule has 1 aromatic rings. The summed E-state index contributed by atoms with van der Waals surface area (Å²) in [5.41, 5.74) is -0.450. The van der Waals surface area contributed by atoms with Gasteiger partial charge in [-0.15, -0.1) is 0 Å². The van der Waals surface area contributed by atoms with E-state index in [4.69, 9.17) is 4.74 Å². The Hall–Kier alpha value is -1.33. The lowest BCUT2D eigenvalue weighted by Gasteiger charge is -2.34. The summed E-state index contributed by atoms with van der Waals surface area (Å²) in [6, 6.07) is 3.45. The fourth-order valence-corrected chi connectivity index (χ4v) is 2.46. The molecule has 0 bridgehead atoms. The van der Waals surface area contributed by atoms with Gasteiger partial charge in [-0.05, 0) is 26.0 Å². The van der Waals surface area contributed by atoms with Crippen molar-refractivity contribution in [2.24, 2.45) is 0 Å². The minimum Gasteiger partial charge on any atom is -0.373 e. The topological polar surface area (TPSA) is 29.5 Å². The van der Waals surface area contributed by atoms with Crippen LogP contribution in [0, 0.1) is 11.6 Å². The minimum atomic E-state index is -0.806. The van der Waals surface area contributed by atoms with Gasteiger partial charge >= 0.3 is 0 Å². The first-order chi connectivity index (χ1) is 8.97. The predicted molar refractivity (Wildman–Crippen MR) is 67.1 cm³/mol. The lowest BCUT2D eigenvalue weighted by Crippen LogP contribution is -2.47. The first-order valence-corrected chi connectivity index (χ1v) is 6.32. The Morgan fingerprint density at radius 1 is 1.26 bits per heavy atom. The Morgan fingerprint density at radius 3 is 2.32 bits per heavy atom. The highest BCUT2D eigenvalue weighted by atomic mass is 19.1. The second-order valence-corrected chi connectivity index (χ2v) is 4.97. The molecule has 1 saturated heterocycles. The number of Topliss-reactive ketones (excluding diaryl/α,β-unsaturated/α-hetero) is 1. The normalized spacial score (nSPS) is 24.4. The number of carbonyl (C=O) groups excluding carboxylic acids is 1. The first kappa shape index (κ1) is 14.1. The van der Waals surface area contributed by atoms with Crippen LogP contribution in [0.4, 0.5) is 8.78 Å². The SMILES string of the molecule is CC1CN(CC(=O)c2c(F)cccc2F)CC(C)O1. The highest BCUT2D eigenvalue weighted by molar-refractivity contribution is 5.98. The summed E-state index contributed by atoms with van der Waals surface area (Å²) < 4.78 is 32.6. The predicted octanol–water partition coefficient (Wildman–Crippen LogP) is 2.26. The highest BCUT2D eigenvalue weighted by Crippen LogP contribution is 2.15. The minimum absolute atomic E-state index is 0.00981. The summed E-state index contributed by atoms with van der Waals surface area (Å²) in [6.07, 6.45) is 0.0315. The molecule has 0 spiro atoms. The average molecular weight is 269 g/mol. The number of nitrogens with zero attached hydrogens (tertiary/aromatic N) is 1. The Labute approximate surface area is 111 Å². The molecule has 0 aromatic heterocycles. The van der Waals surface area contributed by atoms with E-state index in [-0.39, 0.29) is 18.8 Å². The lowest BCUT2D eigenvalue weighted by atomic mass is 10.1. The van der Waals surface area contributed by atoms with E-state index in [0.717, 1.165) is 12.1 Å². The van der Waals surface area contributed by atoms with Crippen LogP contribution in [0.1, 0.15) is 24.2 Å². The van der Waals surface area contributed by atoms with Gasteiger partial charge in [0.15, 0.2) is 5.78 Å². The van der Waals surface area contributed by atoms with E-state index in [1.54, 1.807) is 0 Å². The van der Waals surface area contributed by atoms with Gasteiger partial charge in [0.25, 0.3) is 0 Å². The molecule has 1 aromatic carbocycles. The number of ether oxygens (including phenoxy) is 1. The van der Waals surface area contributed by atoms with Crippen molar-refractivity contribution in [2.45, 2.75) is 26.1 Å². The van der Waals surface area contributed by atoms with Gasteiger partial charge in [0.1, 0.15) is 11.6 Å². The van der Waals surface area contributed by atoms with E-state index < -0.39 is 23.0 Å². The molecule has 2 atom stereocenters. The zero-order valence-electron chi connectivity index (χ0n) is 11.0. The molecular weight excluding hydrogens is 252 g/mol. The van der Waals surface area contributed by atoms with Crippen molar-refractivity contribution in [1.29, 1.82) is 0 Å². The Bertz CT molecular complexity index is 448. The maximum absolute atomic E-state index is 13.5. The molecule has 104 valence electrons. The van der Waals surface area contributed by atoms with Crippen molar-refractivity contribution in [2.75, 3.05) is 19.6 Å². The van der Waals surface area contributed by atoms with Crippen LogP contribution in [0.15, 0.2) is 18.2 Å². The number of hydrogen-bond donors (Lipinski definition) is 0. The van der Waals surface area contributed by atoms with E-state index >= 15 is 0 Å². The molecule has 19 heavy (non-hydrogen) atoms. The monoisotopic (exact) mass is 269 g/mol. The molecule has 0 amide bonds. The Kier molecular flexibility index (Phi) is 4.27. The third kappa shape index (κ3) is 3.36. The third-order valence-electron chi connectivity index (χ3n) is 3.10. The molecule has 1 aliphatic rings. The number of carbonyl (C=O) groups is 1. The van der Waals surface area contributed by atoms with E-state index in [9.17, 15) is 13.6 Å². The number of ketones is 1. The summed E-state index contributed by atoms with van der Waals surface area (Å²) >= 11 is 0. The Morgan fingerprint density at radius 2 is 1.79 bits per heavy atom. The van der Waals surface area contributed by atoms with Crippen molar-refractivity contribution in [3.8, 4) is 0 Å². The van der Waals surface area contributed by atoms with Gasteiger partial charge < -0.3 is 4.74 Å². The number of rotatable bonds is 3. The van der Waals surface area contributed by atoms with Gasteiger partial charge in [0.05, 0.1) is 24.3 Å². The Balaban J connectivity index is 2.09. The first-order valence-electron chi connectivity index (χ1n) is 6.32. The van der Waals surface area contributed by atoms with E-state index in [2.05, 4.69) is 0 Å². The van der Waals surface area contributed by atoms with Crippen LogP contribution in [0.3, 0.4) is 0 Å². The molecule has 0 radical (unpaired) electrons. The number of benzene rings is 1. The van der Waals surface area contributed by atoms with Crippen molar-refractivity contribution < 1.29 is 18.3 Å². The van der Waals surface area contributed by atoms with Gasteiger partial charge in [-0.1, -0.05) is 6.07 Å². The zero-order valence-corrected chi connectivity index (χ0v) is 11.0. The third-order valence-corrected chi connectivity index (χ3v) is 3.10. The molecule has 3 nitrogen and oxygen atoms in total. The molecule has 0 N–H and O–H groups in total. The van der Waals surface area contributed by atoms with Crippen LogP contribution in [-0.2, 0) is 4.74 Å². The average Bonchev–Trinajstić information content (AvgIpc) is 2.26. The summed E-state index contributed by atoms with van der Waals surface area (Å²) in [4.78, 5) is 13.9. The summed E-state index contributed by atoms with van der Waals surface area (Å²) in [7, 11) is 0. The molecule has 1 fully saturated rings. The van der Waals surface area contributed by atoms with E-state index in [1.165, 1.54) is 6.07 Å². The number of halogens is 2. The van der Waals surface area contributed by atoms with Crippen molar-refractivity contribution in [1.82, 2.24) is 4.90 Å². The summed E-state index contributed by atoms with van der Waals surface area (Å²) in [5, 5.41) is 0. The van der Waals surface area contributed by atoms with Crippen molar-refractivity contribution in [3.05, 3.63) is 35.4 Å². The van der Waals surface area contributed by atoms with E-state index in [0.29, 0.717) is 13.1 Å². The van der Waals surface area contributed by atoms with Crippen LogP contribution in [0.25, 0.3) is 0 Å². The van der Waals surface area contributed by atoms with Gasteiger partial charge in [0, 0.05) is 13.1 Å². The fourth-order valence-electron chi connectivity index (χ4n) is 2.46. The van der Waals surface area contributed by atoms with Gasteiger partial charge in [-0.25, -0.2) is 8.78 Å². The molecule has 0 aliphatic carbocycles. The maximum Gasteiger partial charge on any atom is 0.182 e. The largest absolute Gasteiger partial charge is 0.373 e. The summed E-state index contributed by atoms with van der Waals surface area (Å²) in [5.74, 6) is -2.14. The molecule has 1 heterocycles. The van der Waals surface area contributed by atoms with Crippen molar-refractivity contribution in [3.63, 3.8) is 0 Å². The van der Waals surface area contributed by atoms with Crippen LogP contribution in [0.5, 0.6) is 0 Å². The molecule has 5 heteroatoms. The smallest absolute Gasteiger partial charge is 0.182 e. The van der Waals surface area contributed by atoms with Crippen LogP contribution in [0.2, 0.25) is 0 Å². The maximum atomic E-state index is 13.5. The van der Waals surface area contributed by atoms with Gasteiger partial charge in [-0.2, -0.15) is 0 Å².